The van der Waals surface area contributed by atoms with Gasteiger partial charge in [0, 0.05) is 36.3 Å². The summed E-state index contributed by atoms with van der Waals surface area (Å²) in [4.78, 5) is 7.92. The lowest BCUT2D eigenvalue weighted by atomic mass is 10.1. The van der Waals surface area contributed by atoms with Crippen molar-refractivity contribution in [1.82, 2.24) is 14.5 Å². The Kier molecular flexibility index (Phi) is 2.67. The van der Waals surface area contributed by atoms with E-state index in [9.17, 15) is 0 Å². The Bertz CT molecular complexity index is 676. The maximum absolute atomic E-state index is 4.61. The molecule has 3 aromatic rings. The van der Waals surface area contributed by atoms with E-state index < -0.39 is 0 Å². The van der Waals surface area contributed by atoms with Crippen molar-refractivity contribution in [1.29, 1.82) is 0 Å². The minimum absolute atomic E-state index is 0.887. The molecule has 0 radical (unpaired) electrons. The predicted molar refractivity (Wildman–Crippen MR) is 73.7 cm³/mol. The SMILES string of the molecule is CCn1cc(Cc2c[nH]c3ccccc23)nc1C. The number of hydrogen-bond donors (Lipinski definition) is 1. The number of imidazole rings is 1. The fourth-order valence-electron chi connectivity index (χ4n) is 2.45. The van der Waals surface area contributed by atoms with Crippen LogP contribution in [0.2, 0.25) is 0 Å². The smallest absolute Gasteiger partial charge is 0.105 e. The lowest BCUT2D eigenvalue weighted by molar-refractivity contribution is 0.730. The summed E-state index contributed by atoms with van der Waals surface area (Å²) in [7, 11) is 0. The van der Waals surface area contributed by atoms with Gasteiger partial charge in [-0.15, -0.1) is 0 Å². The first kappa shape index (κ1) is 11.1. The van der Waals surface area contributed by atoms with Crippen LogP contribution in [0.5, 0.6) is 0 Å². The number of aryl methyl sites for hydroxylation is 2. The number of aromatic amines is 1. The molecule has 0 spiro atoms. The summed E-state index contributed by atoms with van der Waals surface area (Å²) in [6.45, 7) is 5.18. The van der Waals surface area contributed by atoms with Crippen LogP contribution >= 0.6 is 0 Å². The van der Waals surface area contributed by atoms with Crippen LogP contribution in [0.25, 0.3) is 10.9 Å². The quantitative estimate of drug-likeness (QED) is 0.747. The van der Waals surface area contributed by atoms with E-state index in [1.165, 1.54) is 16.5 Å². The number of nitrogens with one attached hydrogen (secondary N) is 1. The van der Waals surface area contributed by atoms with E-state index in [0.717, 1.165) is 24.5 Å². The molecule has 0 aliphatic carbocycles. The molecule has 0 fully saturated rings. The summed E-state index contributed by atoms with van der Waals surface area (Å²) in [5.41, 5.74) is 3.64. The second-order valence-corrected chi connectivity index (χ2v) is 4.60. The predicted octanol–water partition coefficient (Wildman–Crippen LogP) is 3.28. The van der Waals surface area contributed by atoms with Gasteiger partial charge in [0.15, 0.2) is 0 Å². The number of aromatic nitrogens is 3. The highest BCUT2D eigenvalue weighted by Gasteiger charge is 2.07. The minimum atomic E-state index is 0.887. The summed E-state index contributed by atoms with van der Waals surface area (Å²) in [6.07, 6.45) is 5.12. The van der Waals surface area contributed by atoms with Gasteiger partial charge in [-0.25, -0.2) is 4.98 Å². The third-order valence-electron chi connectivity index (χ3n) is 3.41. The van der Waals surface area contributed by atoms with Crippen molar-refractivity contribution in [2.45, 2.75) is 26.8 Å². The van der Waals surface area contributed by atoms with Gasteiger partial charge in [0.05, 0.1) is 5.69 Å². The highest BCUT2D eigenvalue weighted by Crippen LogP contribution is 2.20. The number of hydrogen-bond acceptors (Lipinski definition) is 1. The van der Waals surface area contributed by atoms with E-state index in [1.54, 1.807) is 0 Å². The molecular formula is C15H17N3. The van der Waals surface area contributed by atoms with Crippen molar-refractivity contribution in [3.63, 3.8) is 0 Å². The molecule has 0 unspecified atom stereocenters. The molecule has 0 aliphatic rings. The summed E-state index contributed by atoms with van der Waals surface area (Å²) >= 11 is 0. The molecule has 0 saturated carbocycles. The van der Waals surface area contributed by atoms with E-state index in [1.807, 2.05) is 0 Å². The van der Waals surface area contributed by atoms with Crippen LogP contribution in [0, 0.1) is 6.92 Å². The van der Waals surface area contributed by atoms with Crippen LogP contribution in [-0.2, 0) is 13.0 Å². The number of nitrogens with zero attached hydrogens (tertiary/aromatic N) is 2. The van der Waals surface area contributed by atoms with Gasteiger partial charge >= 0.3 is 0 Å². The van der Waals surface area contributed by atoms with Gasteiger partial charge < -0.3 is 9.55 Å². The summed E-state index contributed by atoms with van der Waals surface area (Å²) in [5.74, 6) is 1.09. The fourth-order valence-corrected chi connectivity index (χ4v) is 2.45. The second-order valence-electron chi connectivity index (χ2n) is 4.60. The van der Waals surface area contributed by atoms with Gasteiger partial charge in [0.1, 0.15) is 5.82 Å². The van der Waals surface area contributed by atoms with E-state index >= 15 is 0 Å². The molecule has 0 atom stereocenters. The number of H-pyrrole nitrogens is 1. The first-order chi connectivity index (χ1) is 8.78. The molecule has 1 N–H and O–H groups in total. The van der Waals surface area contributed by atoms with Crippen molar-refractivity contribution >= 4 is 10.9 Å². The van der Waals surface area contributed by atoms with Crippen LogP contribution < -0.4 is 0 Å². The molecule has 18 heavy (non-hydrogen) atoms. The lowest BCUT2D eigenvalue weighted by Crippen LogP contribution is -1.93. The van der Waals surface area contributed by atoms with E-state index in [4.69, 9.17) is 0 Å². The normalized spacial score (nSPS) is 11.2. The zero-order valence-corrected chi connectivity index (χ0v) is 10.8. The first-order valence-electron chi connectivity index (χ1n) is 6.35. The summed E-state index contributed by atoms with van der Waals surface area (Å²) < 4.78 is 2.18. The molecule has 2 aromatic heterocycles. The van der Waals surface area contributed by atoms with Crippen molar-refractivity contribution < 1.29 is 0 Å². The Labute approximate surface area is 106 Å². The average molecular weight is 239 g/mol. The Morgan fingerprint density at radius 3 is 2.89 bits per heavy atom. The maximum Gasteiger partial charge on any atom is 0.105 e. The molecule has 0 saturated heterocycles. The molecule has 0 amide bonds. The van der Waals surface area contributed by atoms with Crippen molar-refractivity contribution in [3.05, 3.63) is 53.7 Å². The van der Waals surface area contributed by atoms with E-state index in [2.05, 4.69) is 65.0 Å². The zero-order valence-electron chi connectivity index (χ0n) is 10.8. The molecular weight excluding hydrogens is 222 g/mol. The third kappa shape index (κ3) is 1.82. The van der Waals surface area contributed by atoms with Gasteiger partial charge in [0.25, 0.3) is 0 Å². The van der Waals surface area contributed by atoms with Gasteiger partial charge in [0.2, 0.25) is 0 Å². The Morgan fingerprint density at radius 2 is 2.11 bits per heavy atom. The van der Waals surface area contributed by atoms with E-state index in [-0.39, 0.29) is 0 Å². The molecule has 92 valence electrons. The lowest BCUT2D eigenvalue weighted by Gasteiger charge is -1.96. The van der Waals surface area contributed by atoms with Gasteiger partial charge in [-0.3, -0.25) is 0 Å². The average Bonchev–Trinajstić information content (AvgIpc) is 2.94. The molecule has 3 nitrogen and oxygen atoms in total. The van der Waals surface area contributed by atoms with Crippen LogP contribution in [0.1, 0.15) is 24.0 Å². The van der Waals surface area contributed by atoms with Crippen molar-refractivity contribution in [2.75, 3.05) is 0 Å². The van der Waals surface area contributed by atoms with Gasteiger partial charge in [-0.05, 0) is 25.5 Å². The van der Waals surface area contributed by atoms with Crippen LogP contribution in [0.15, 0.2) is 36.7 Å². The first-order valence-corrected chi connectivity index (χ1v) is 6.35. The van der Waals surface area contributed by atoms with Crippen molar-refractivity contribution in [3.8, 4) is 0 Å². The standard InChI is InChI=1S/C15H17N3/c1-3-18-10-13(17-11(18)2)8-12-9-16-15-7-5-4-6-14(12)15/h4-7,9-10,16H,3,8H2,1-2H3. The molecule has 3 rings (SSSR count). The fraction of sp³-hybridized carbons (Fsp3) is 0.267. The summed E-state index contributed by atoms with van der Waals surface area (Å²) in [5, 5.41) is 1.29. The van der Waals surface area contributed by atoms with Gasteiger partial charge in [-0.2, -0.15) is 0 Å². The second kappa shape index (κ2) is 4.33. The highest BCUT2D eigenvalue weighted by atomic mass is 15.1. The van der Waals surface area contributed by atoms with Gasteiger partial charge in [-0.1, -0.05) is 18.2 Å². The minimum Gasteiger partial charge on any atom is -0.361 e. The largest absolute Gasteiger partial charge is 0.361 e. The Hall–Kier alpha value is -2.03. The molecule has 2 heterocycles. The molecule has 0 aliphatic heterocycles. The van der Waals surface area contributed by atoms with Crippen LogP contribution in [0.4, 0.5) is 0 Å². The molecule has 0 bridgehead atoms. The number of fused-ring (bicyclic) bond motifs is 1. The number of rotatable bonds is 3. The van der Waals surface area contributed by atoms with Crippen LogP contribution in [-0.4, -0.2) is 14.5 Å². The third-order valence-corrected chi connectivity index (χ3v) is 3.41. The maximum atomic E-state index is 4.61. The highest BCUT2D eigenvalue weighted by molar-refractivity contribution is 5.83. The molecule has 1 aromatic carbocycles. The van der Waals surface area contributed by atoms with Crippen molar-refractivity contribution in [2.24, 2.45) is 0 Å². The Balaban J connectivity index is 1.96. The summed E-state index contributed by atoms with van der Waals surface area (Å²) in [6, 6.07) is 8.40. The number of benzene rings is 1. The number of para-hydroxylation sites is 1. The zero-order chi connectivity index (χ0) is 12.5. The molecule has 3 heteroatoms. The topological polar surface area (TPSA) is 33.6 Å². The van der Waals surface area contributed by atoms with E-state index in [0.29, 0.717) is 0 Å². The van der Waals surface area contributed by atoms with Crippen LogP contribution in [0.3, 0.4) is 0 Å². The Morgan fingerprint density at radius 1 is 1.28 bits per heavy atom. The monoisotopic (exact) mass is 239 g/mol.